The number of nitrogens with zero attached hydrogens (tertiary/aromatic N) is 3. The average molecular weight is 277 g/mol. The number of rotatable bonds is 4. The molecule has 2 atom stereocenters. The first-order chi connectivity index (χ1) is 9.49. The van der Waals surface area contributed by atoms with Crippen LogP contribution >= 0.6 is 0 Å². The predicted molar refractivity (Wildman–Crippen MR) is 78.0 cm³/mol. The van der Waals surface area contributed by atoms with Crippen molar-refractivity contribution >= 4 is 12.0 Å². The lowest BCUT2D eigenvalue weighted by molar-refractivity contribution is -0.125. The van der Waals surface area contributed by atoms with Crippen LogP contribution in [-0.4, -0.2) is 45.4 Å². The van der Waals surface area contributed by atoms with E-state index < -0.39 is 0 Å². The molecule has 0 aromatic carbocycles. The zero-order valence-corrected chi connectivity index (χ0v) is 12.4. The Balaban J connectivity index is 1.92. The van der Waals surface area contributed by atoms with Crippen LogP contribution in [0.4, 0.5) is 0 Å². The van der Waals surface area contributed by atoms with Gasteiger partial charge in [0.05, 0.1) is 12.3 Å². The number of aromatic nitrogens is 2. The molecule has 1 aliphatic carbocycles. The molecular formula is C15H23N3O2. The number of carbonyl (C=O) groups is 1. The minimum Gasteiger partial charge on any atom is -0.393 e. The summed E-state index contributed by atoms with van der Waals surface area (Å²) in [5, 5.41) is 13.9. The minimum atomic E-state index is -0.255. The van der Waals surface area contributed by atoms with Crippen LogP contribution in [0.2, 0.25) is 0 Å². The van der Waals surface area contributed by atoms with Crippen molar-refractivity contribution in [2.24, 2.45) is 13.0 Å². The maximum atomic E-state index is 12.1. The summed E-state index contributed by atoms with van der Waals surface area (Å²) in [4.78, 5) is 13.7. The molecule has 1 aromatic rings. The lowest BCUT2D eigenvalue weighted by atomic mass is 10.1. The van der Waals surface area contributed by atoms with E-state index in [0.717, 1.165) is 30.5 Å². The summed E-state index contributed by atoms with van der Waals surface area (Å²) in [7, 11) is 3.66. The Morgan fingerprint density at radius 3 is 2.90 bits per heavy atom. The van der Waals surface area contributed by atoms with E-state index in [1.165, 1.54) is 0 Å². The highest BCUT2D eigenvalue weighted by Gasteiger charge is 2.26. The molecule has 0 aliphatic heterocycles. The molecule has 1 fully saturated rings. The van der Waals surface area contributed by atoms with Crippen molar-refractivity contribution in [3.63, 3.8) is 0 Å². The van der Waals surface area contributed by atoms with Crippen LogP contribution in [0.25, 0.3) is 6.08 Å². The van der Waals surface area contributed by atoms with Crippen LogP contribution in [-0.2, 0) is 11.8 Å². The van der Waals surface area contributed by atoms with Gasteiger partial charge in [-0.15, -0.1) is 0 Å². The molecule has 5 heteroatoms. The number of aliphatic hydroxyl groups is 1. The predicted octanol–water partition coefficient (Wildman–Crippen LogP) is 1.36. The molecule has 0 saturated heterocycles. The van der Waals surface area contributed by atoms with Crippen molar-refractivity contribution in [2.45, 2.75) is 32.3 Å². The normalized spacial score (nSPS) is 22.6. The lowest BCUT2D eigenvalue weighted by Gasteiger charge is -2.22. The van der Waals surface area contributed by atoms with E-state index in [-0.39, 0.29) is 17.9 Å². The van der Waals surface area contributed by atoms with Crippen molar-refractivity contribution in [3.05, 3.63) is 23.5 Å². The van der Waals surface area contributed by atoms with Gasteiger partial charge in [-0.25, -0.2) is 0 Å². The standard InChI is InChI=1S/C15H23N3O2/c1-11-12(9-16-18(11)3)7-8-15(20)17(2)10-13-5-4-6-14(13)19/h7-9,13-14,19H,4-6,10H2,1-3H3/b8-7+. The summed E-state index contributed by atoms with van der Waals surface area (Å²) < 4.78 is 1.78. The number of hydrogen-bond donors (Lipinski definition) is 1. The van der Waals surface area contributed by atoms with Gasteiger partial charge in [0.2, 0.25) is 5.91 Å². The zero-order valence-electron chi connectivity index (χ0n) is 12.4. The number of amides is 1. The molecule has 20 heavy (non-hydrogen) atoms. The first-order valence-corrected chi connectivity index (χ1v) is 7.09. The van der Waals surface area contributed by atoms with Gasteiger partial charge in [-0.05, 0) is 25.8 Å². The second-order valence-electron chi connectivity index (χ2n) is 5.62. The first-order valence-electron chi connectivity index (χ1n) is 7.09. The summed E-state index contributed by atoms with van der Waals surface area (Å²) in [6.45, 7) is 2.59. The third-order valence-corrected chi connectivity index (χ3v) is 4.18. The highest BCUT2D eigenvalue weighted by molar-refractivity contribution is 5.91. The number of likely N-dealkylation sites (N-methyl/N-ethyl adjacent to an activating group) is 1. The Morgan fingerprint density at radius 1 is 1.60 bits per heavy atom. The number of aryl methyl sites for hydroxylation is 1. The molecule has 2 rings (SSSR count). The topological polar surface area (TPSA) is 58.4 Å². The molecule has 1 amide bonds. The molecule has 1 saturated carbocycles. The van der Waals surface area contributed by atoms with Gasteiger partial charge in [0, 0.05) is 43.9 Å². The summed E-state index contributed by atoms with van der Waals surface area (Å²) >= 11 is 0. The number of hydrogen-bond acceptors (Lipinski definition) is 3. The van der Waals surface area contributed by atoms with E-state index in [0.29, 0.717) is 6.54 Å². The monoisotopic (exact) mass is 277 g/mol. The molecular weight excluding hydrogens is 254 g/mol. The Bertz CT molecular complexity index is 507. The molecule has 1 heterocycles. The van der Waals surface area contributed by atoms with Crippen LogP contribution in [0.3, 0.4) is 0 Å². The van der Waals surface area contributed by atoms with E-state index in [1.807, 2.05) is 14.0 Å². The number of aliphatic hydroxyl groups excluding tert-OH is 1. The largest absolute Gasteiger partial charge is 0.393 e. The molecule has 0 bridgehead atoms. The quantitative estimate of drug-likeness (QED) is 0.845. The van der Waals surface area contributed by atoms with Crippen LogP contribution in [0.1, 0.15) is 30.5 Å². The summed E-state index contributed by atoms with van der Waals surface area (Å²) in [5.74, 6) is 0.185. The summed E-state index contributed by atoms with van der Waals surface area (Å²) in [6, 6.07) is 0. The second kappa shape index (κ2) is 6.22. The van der Waals surface area contributed by atoms with Crippen molar-refractivity contribution in [1.29, 1.82) is 0 Å². The third kappa shape index (κ3) is 3.28. The van der Waals surface area contributed by atoms with Gasteiger partial charge < -0.3 is 10.0 Å². The van der Waals surface area contributed by atoms with E-state index in [2.05, 4.69) is 5.10 Å². The van der Waals surface area contributed by atoms with Crippen LogP contribution < -0.4 is 0 Å². The van der Waals surface area contributed by atoms with Crippen LogP contribution in [0.15, 0.2) is 12.3 Å². The van der Waals surface area contributed by atoms with E-state index >= 15 is 0 Å². The average Bonchev–Trinajstić information content (AvgIpc) is 2.96. The summed E-state index contributed by atoms with van der Waals surface area (Å²) in [5.41, 5.74) is 1.98. The first kappa shape index (κ1) is 14.8. The molecule has 1 aliphatic rings. The molecule has 0 radical (unpaired) electrons. The van der Waals surface area contributed by atoms with Crippen molar-refractivity contribution in [2.75, 3.05) is 13.6 Å². The van der Waals surface area contributed by atoms with Crippen molar-refractivity contribution in [1.82, 2.24) is 14.7 Å². The molecule has 5 nitrogen and oxygen atoms in total. The fourth-order valence-corrected chi connectivity index (χ4v) is 2.64. The fraction of sp³-hybridized carbons (Fsp3) is 0.600. The fourth-order valence-electron chi connectivity index (χ4n) is 2.64. The van der Waals surface area contributed by atoms with E-state index in [9.17, 15) is 9.90 Å². The van der Waals surface area contributed by atoms with Gasteiger partial charge in [-0.1, -0.05) is 6.42 Å². The lowest BCUT2D eigenvalue weighted by Crippen LogP contribution is -2.33. The maximum Gasteiger partial charge on any atom is 0.246 e. The van der Waals surface area contributed by atoms with E-state index in [1.54, 1.807) is 35.0 Å². The highest BCUT2D eigenvalue weighted by Crippen LogP contribution is 2.26. The number of carbonyl (C=O) groups excluding carboxylic acids is 1. The maximum absolute atomic E-state index is 12.1. The molecule has 110 valence electrons. The second-order valence-corrected chi connectivity index (χ2v) is 5.62. The smallest absolute Gasteiger partial charge is 0.246 e. The molecule has 1 aromatic heterocycles. The van der Waals surface area contributed by atoms with Crippen molar-refractivity contribution in [3.8, 4) is 0 Å². The Labute approximate surface area is 119 Å². The van der Waals surface area contributed by atoms with Crippen LogP contribution in [0, 0.1) is 12.8 Å². The van der Waals surface area contributed by atoms with Crippen LogP contribution in [0.5, 0.6) is 0 Å². The minimum absolute atomic E-state index is 0.0349. The highest BCUT2D eigenvalue weighted by atomic mass is 16.3. The Morgan fingerprint density at radius 2 is 2.35 bits per heavy atom. The third-order valence-electron chi connectivity index (χ3n) is 4.18. The zero-order chi connectivity index (χ0) is 14.7. The van der Waals surface area contributed by atoms with Gasteiger partial charge in [0.15, 0.2) is 0 Å². The van der Waals surface area contributed by atoms with Gasteiger partial charge in [-0.3, -0.25) is 9.48 Å². The van der Waals surface area contributed by atoms with Gasteiger partial charge >= 0.3 is 0 Å². The van der Waals surface area contributed by atoms with Crippen molar-refractivity contribution < 1.29 is 9.90 Å². The van der Waals surface area contributed by atoms with Gasteiger partial charge in [0.1, 0.15) is 0 Å². The SMILES string of the molecule is Cc1c(/C=C/C(=O)N(C)CC2CCCC2O)cnn1C. The molecule has 2 unspecified atom stereocenters. The molecule has 0 spiro atoms. The van der Waals surface area contributed by atoms with E-state index in [4.69, 9.17) is 0 Å². The summed E-state index contributed by atoms with van der Waals surface area (Å²) in [6.07, 6.45) is 7.78. The molecule has 1 N–H and O–H groups in total. The Hall–Kier alpha value is -1.62. The van der Waals surface area contributed by atoms with Gasteiger partial charge in [0.25, 0.3) is 0 Å². The van der Waals surface area contributed by atoms with Gasteiger partial charge in [-0.2, -0.15) is 5.10 Å². The Kier molecular flexibility index (Phi) is 4.60.